The molecule has 0 N–H and O–H groups in total. The van der Waals surface area contributed by atoms with Crippen molar-refractivity contribution in [3.8, 4) is 6.07 Å². The van der Waals surface area contributed by atoms with Crippen molar-refractivity contribution in [1.29, 1.82) is 5.26 Å². The van der Waals surface area contributed by atoms with Crippen molar-refractivity contribution in [2.75, 3.05) is 0 Å². The lowest BCUT2D eigenvalue weighted by atomic mass is 10.1. The van der Waals surface area contributed by atoms with E-state index in [-0.39, 0.29) is 0 Å². The van der Waals surface area contributed by atoms with Crippen LogP contribution in [0.3, 0.4) is 0 Å². The number of halogens is 2. The molecule has 13 heavy (non-hydrogen) atoms. The third-order valence-corrected chi connectivity index (χ3v) is 3.38. The Morgan fingerprint density at radius 2 is 2.31 bits per heavy atom. The number of benzene rings is 1. The molecule has 66 valence electrons. The number of hydrogen-bond acceptors (Lipinski definition) is 1. The van der Waals surface area contributed by atoms with Crippen LogP contribution in [0.2, 0.25) is 0 Å². The molecular weight excluding hydrogens is 296 g/mol. The second-order valence-corrected chi connectivity index (χ2v) is 4.04. The third kappa shape index (κ3) is 2.45. The second kappa shape index (κ2) is 4.64. The minimum atomic E-state index is 0.496. The van der Waals surface area contributed by atoms with Crippen molar-refractivity contribution in [3.05, 3.63) is 39.0 Å². The Labute approximate surface area is 96.2 Å². The van der Waals surface area contributed by atoms with Gasteiger partial charge in [0.05, 0.1) is 11.1 Å². The first-order valence-corrected chi connectivity index (χ1v) is 5.13. The van der Waals surface area contributed by atoms with Crippen molar-refractivity contribution in [2.24, 2.45) is 0 Å². The Balaban J connectivity index is 3.25. The van der Waals surface area contributed by atoms with Crippen molar-refractivity contribution < 1.29 is 0 Å². The van der Waals surface area contributed by atoms with E-state index in [0.29, 0.717) is 5.03 Å². The molecule has 0 spiro atoms. The van der Waals surface area contributed by atoms with Gasteiger partial charge in [0.25, 0.3) is 0 Å². The van der Waals surface area contributed by atoms with E-state index in [1.165, 1.54) is 11.6 Å². The molecule has 0 bridgehead atoms. The van der Waals surface area contributed by atoms with E-state index < -0.39 is 0 Å². The van der Waals surface area contributed by atoms with Crippen LogP contribution in [-0.4, -0.2) is 0 Å². The monoisotopic (exact) mass is 303 g/mol. The van der Waals surface area contributed by atoms with E-state index in [2.05, 4.69) is 22.6 Å². The second-order valence-electron chi connectivity index (χ2n) is 2.56. The predicted octanol–water partition coefficient (Wildman–Crippen LogP) is 3.70. The number of aryl methyl sites for hydroxylation is 1. The van der Waals surface area contributed by atoms with E-state index in [1.807, 2.05) is 31.2 Å². The van der Waals surface area contributed by atoms with Gasteiger partial charge in [-0.1, -0.05) is 29.8 Å². The zero-order valence-electron chi connectivity index (χ0n) is 7.01. The Morgan fingerprint density at radius 1 is 1.62 bits per heavy atom. The van der Waals surface area contributed by atoms with Gasteiger partial charge in [0, 0.05) is 15.2 Å². The molecule has 0 atom stereocenters. The van der Waals surface area contributed by atoms with Crippen LogP contribution in [0.1, 0.15) is 11.1 Å². The van der Waals surface area contributed by atoms with Crippen LogP contribution >= 0.6 is 34.2 Å². The summed E-state index contributed by atoms with van der Waals surface area (Å²) < 4.78 is 1.09. The summed E-state index contributed by atoms with van der Waals surface area (Å²) in [5.41, 5.74) is 2.09. The van der Waals surface area contributed by atoms with E-state index in [1.54, 1.807) is 0 Å². The maximum Gasteiger partial charge on any atom is 0.0927 e. The lowest BCUT2D eigenvalue weighted by Crippen LogP contribution is -1.86. The molecule has 0 aliphatic carbocycles. The number of allylic oxidation sites excluding steroid dienone is 1. The van der Waals surface area contributed by atoms with Gasteiger partial charge in [-0.2, -0.15) is 5.26 Å². The topological polar surface area (TPSA) is 23.8 Å². The number of nitrogens with zero attached hydrogens (tertiary/aromatic N) is 1. The molecule has 0 unspecified atom stereocenters. The Bertz CT molecular complexity index is 390. The van der Waals surface area contributed by atoms with Crippen molar-refractivity contribution in [1.82, 2.24) is 0 Å². The molecule has 0 aliphatic heterocycles. The molecule has 0 aromatic heterocycles. The summed E-state index contributed by atoms with van der Waals surface area (Å²) >= 11 is 8.14. The Morgan fingerprint density at radius 3 is 2.92 bits per heavy atom. The highest BCUT2D eigenvalue weighted by Gasteiger charge is 2.04. The van der Waals surface area contributed by atoms with Gasteiger partial charge in [0.2, 0.25) is 0 Å². The van der Waals surface area contributed by atoms with E-state index in [9.17, 15) is 0 Å². The zero-order chi connectivity index (χ0) is 9.84. The SMILES string of the molecule is Cc1cccc(/C(Cl)=C/C#N)c1I. The molecule has 0 aliphatic rings. The zero-order valence-corrected chi connectivity index (χ0v) is 9.93. The highest BCUT2D eigenvalue weighted by atomic mass is 127. The van der Waals surface area contributed by atoms with Crippen LogP contribution in [0.5, 0.6) is 0 Å². The van der Waals surface area contributed by atoms with Crippen LogP contribution in [-0.2, 0) is 0 Å². The van der Waals surface area contributed by atoms with Gasteiger partial charge in [0.15, 0.2) is 0 Å². The minimum absolute atomic E-state index is 0.496. The van der Waals surface area contributed by atoms with Crippen LogP contribution in [0.4, 0.5) is 0 Å². The molecule has 0 heterocycles. The van der Waals surface area contributed by atoms with Gasteiger partial charge >= 0.3 is 0 Å². The maximum atomic E-state index is 8.44. The molecule has 0 fully saturated rings. The summed E-state index contributed by atoms with van der Waals surface area (Å²) in [5.74, 6) is 0. The molecule has 1 aromatic rings. The first-order valence-electron chi connectivity index (χ1n) is 3.67. The first-order chi connectivity index (χ1) is 6.16. The summed E-state index contributed by atoms with van der Waals surface area (Å²) in [4.78, 5) is 0. The number of nitriles is 1. The highest BCUT2D eigenvalue weighted by Crippen LogP contribution is 2.26. The first kappa shape index (κ1) is 10.6. The number of hydrogen-bond donors (Lipinski definition) is 0. The van der Waals surface area contributed by atoms with Gasteiger partial charge in [-0.3, -0.25) is 0 Å². The molecule has 1 rings (SSSR count). The quantitative estimate of drug-likeness (QED) is 0.573. The third-order valence-electron chi connectivity index (χ3n) is 1.64. The smallest absolute Gasteiger partial charge is 0.0927 e. The average molecular weight is 304 g/mol. The van der Waals surface area contributed by atoms with Crippen LogP contribution in [0, 0.1) is 21.8 Å². The Kier molecular flexibility index (Phi) is 3.76. The van der Waals surface area contributed by atoms with Crippen LogP contribution < -0.4 is 0 Å². The largest absolute Gasteiger partial charge is 0.193 e. The fourth-order valence-electron chi connectivity index (χ4n) is 0.966. The molecule has 0 radical (unpaired) electrons. The van der Waals surface area contributed by atoms with Crippen molar-refractivity contribution in [3.63, 3.8) is 0 Å². The van der Waals surface area contributed by atoms with Gasteiger partial charge < -0.3 is 0 Å². The highest BCUT2D eigenvalue weighted by molar-refractivity contribution is 14.1. The normalized spacial score (nSPS) is 11.1. The lowest BCUT2D eigenvalue weighted by molar-refractivity contribution is 1.41. The van der Waals surface area contributed by atoms with Gasteiger partial charge in [-0.05, 0) is 35.1 Å². The molecule has 1 aromatic carbocycles. The molecule has 0 saturated carbocycles. The molecule has 0 saturated heterocycles. The molecular formula is C10H7ClIN. The van der Waals surface area contributed by atoms with Crippen LogP contribution in [0.25, 0.3) is 5.03 Å². The predicted molar refractivity (Wildman–Crippen MR) is 63.3 cm³/mol. The summed E-state index contributed by atoms with van der Waals surface area (Å²) in [6.45, 7) is 2.02. The van der Waals surface area contributed by atoms with Gasteiger partial charge in [-0.15, -0.1) is 0 Å². The Hall–Kier alpha value is -0.530. The van der Waals surface area contributed by atoms with E-state index >= 15 is 0 Å². The molecule has 3 heteroatoms. The van der Waals surface area contributed by atoms with Crippen LogP contribution in [0.15, 0.2) is 24.3 Å². The van der Waals surface area contributed by atoms with E-state index in [0.717, 1.165) is 9.13 Å². The fraction of sp³-hybridized carbons (Fsp3) is 0.100. The summed E-state index contributed by atoms with van der Waals surface area (Å²) in [5, 5.41) is 8.94. The maximum absolute atomic E-state index is 8.44. The lowest BCUT2D eigenvalue weighted by Gasteiger charge is -2.04. The molecule has 1 nitrogen and oxygen atoms in total. The van der Waals surface area contributed by atoms with Gasteiger partial charge in [0.1, 0.15) is 0 Å². The minimum Gasteiger partial charge on any atom is -0.193 e. The van der Waals surface area contributed by atoms with Crippen molar-refractivity contribution in [2.45, 2.75) is 6.92 Å². The number of rotatable bonds is 1. The standard InChI is InChI=1S/C10H7ClIN/c1-7-3-2-4-8(10(7)12)9(11)5-6-13/h2-5H,1H3/b9-5-. The summed E-state index contributed by atoms with van der Waals surface area (Å²) in [7, 11) is 0. The van der Waals surface area contributed by atoms with E-state index in [4.69, 9.17) is 16.9 Å². The average Bonchev–Trinajstić information content (AvgIpc) is 2.10. The van der Waals surface area contributed by atoms with Crippen molar-refractivity contribution >= 4 is 39.2 Å². The fourth-order valence-corrected chi connectivity index (χ4v) is 1.98. The molecule has 0 amide bonds. The summed E-state index contributed by atoms with van der Waals surface area (Å²) in [6, 6.07) is 7.77. The summed E-state index contributed by atoms with van der Waals surface area (Å²) in [6.07, 6.45) is 1.35. The van der Waals surface area contributed by atoms with Gasteiger partial charge in [-0.25, -0.2) is 0 Å².